The van der Waals surface area contributed by atoms with E-state index < -0.39 is 0 Å². The zero-order chi connectivity index (χ0) is 18.5. The summed E-state index contributed by atoms with van der Waals surface area (Å²) in [6.07, 6.45) is 5.61. The van der Waals surface area contributed by atoms with E-state index in [4.69, 9.17) is 11.6 Å². The predicted molar refractivity (Wildman–Crippen MR) is 121 cm³/mol. The van der Waals surface area contributed by atoms with Crippen molar-refractivity contribution in [3.8, 4) is 5.69 Å². The van der Waals surface area contributed by atoms with Gasteiger partial charge in [-0.15, -0.1) is 24.0 Å². The van der Waals surface area contributed by atoms with Gasteiger partial charge in [0.1, 0.15) is 0 Å². The Morgan fingerprint density at radius 1 is 1.30 bits per heavy atom. The maximum atomic E-state index is 6.07. The summed E-state index contributed by atoms with van der Waals surface area (Å²) >= 11 is 6.07. The normalized spacial score (nSPS) is 11.2. The van der Waals surface area contributed by atoms with Crippen LogP contribution < -0.4 is 5.32 Å². The van der Waals surface area contributed by atoms with E-state index in [9.17, 15) is 0 Å². The van der Waals surface area contributed by atoms with Crippen molar-refractivity contribution >= 4 is 41.5 Å². The Balaban J connectivity index is 0.00000261. The number of nitrogens with one attached hydrogen (secondary N) is 1. The molecule has 1 N–H and O–H groups in total. The first-order valence-corrected chi connectivity index (χ1v) is 8.76. The summed E-state index contributed by atoms with van der Waals surface area (Å²) in [5.41, 5.74) is 3.33. The molecule has 0 aliphatic heterocycles. The van der Waals surface area contributed by atoms with E-state index in [1.54, 1.807) is 13.2 Å². The highest BCUT2D eigenvalue weighted by atomic mass is 127. The summed E-state index contributed by atoms with van der Waals surface area (Å²) in [5.74, 6) is 0.826. The van der Waals surface area contributed by atoms with E-state index in [0.29, 0.717) is 6.54 Å². The van der Waals surface area contributed by atoms with E-state index >= 15 is 0 Å². The number of halogens is 2. The minimum atomic E-state index is 0. The summed E-state index contributed by atoms with van der Waals surface area (Å²) < 4.78 is 3.88. The number of aliphatic imine (C=N–C) groups is 1. The molecule has 0 amide bonds. The Morgan fingerprint density at radius 3 is 2.74 bits per heavy atom. The molecular formula is C19H24ClIN6. The minimum Gasteiger partial charge on any atom is -0.352 e. The Kier molecular flexibility index (Phi) is 7.73. The molecule has 0 radical (unpaired) electrons. The van der Waals surface area contributed by atoms with Gasteiger partial charge < -0.3 is 14.8 Å². The Morgan fingerprint density at radius 2 is 2.11 bits per heavy atom. The lowest BCUT2D eigenvalue weighted by Crippen LogP contribution is -2.38. The number of hydrogen-bond donors (Lipinski definition) is 1. The first-order chi connectivity index (χ1) is 12.6. The Bertz CT molecular complexity index is 888. The van der Waals surface area contributed by atoms with E-state index in [1.165, 1.54) is 0 Å². The molecule has 0 saturated heterocycles. The maximum Gasteiger partial charge on any atom is 0.194 e. The van der Waals surface area contributed by atoms with Crippen molar-refractivity contribution in [3.05, 3.63) is 71.3 Å². The lowest BCUT2D eigenvalue weighted by molar-refractivity contribution is 0.461. The van der Waals surface area contributed by atoms with Gasteiger partial charge in [-0.1, -0.05) is 23.7 Å². The van der Waals surface area contributed by atoms with Gasteiger partial charge in [0, 0.05) is 52.0 Å². The highest BCUT2D eigenvalue weighted by Crippen LogP contribution is 2.14. The smallest absolute Gasteiger partial charge is 0.194 e. The number of aryl methyl sites for hydroxylation is 1. The molecule has 0 spiro atoms. The zero-order valence-electron chi connectivity index (χ0n) is 15.6. The number of hydrogen-bond acceptors (Lipinski definition) is 2. The van der Waals surface area contributed by atoms with Crippen molar-refractivity contribution in [3.63, 3.8) is 0 Å². The zero-order valence-corrected chi connectivity index (χ0v) is 18.7. The second-order valence-corrected chi connectivity index (χ2v) is 6.57. The molecule has 1 aromatic carbocycles. The van der Waals surface area contributed by atoms with Gasteiger partial charge in [-0.2, -0.15) is 5.10 Å². The van der Waals surface area contributed by atoms with Crippen LogP contribution in [-0.2, 0) is 20.1 Å². The molecule has 27 heavy (non-hydrogen) atoms. The van der Waals surface area contributed by atoms with Crippen LogP contribution in [0.3, 0.4) is 0 Å². The van der Waals surface area contributed by atoms with Crippen molar-refractivity contribution in [2.24, 2.45) is 12.0 Å². The summed E-state index contributed by atoms with van der Waals surface area (Å²) in [4.78, 5) is 6.45. The average molecular weight is 499 g/mol. The van der Waals surface area contributed by atoms with E-state index in [-0.39, 0.29) is 24.0 Å². The van der Waals surface area contributed by atoms with Crippen LogP contribution in [-0.4, -0.2) is 39.3 Å². The fraction of sp³-hybridized carbons (Fsp3) is 0.263. The van der Waals surface area contributed by atoms with E-state index in [1.807, 2.05) is 60.0 Å². The molecule has 0 saturated carbocycles. The van der Waals surface area contributed by atoms with Crippen molar-refractivity contribution < 1.29 is 0 Å². The van der Waals surface area contributed by atoms with Crippen LogP contribution in [0.1, 0.15) is 11.3 Å². The highest BCUT2D eigenvalue weighted by Gasteiger charge is 2.10. The molecule has 6 nitrogen and oxygen atoms in total. The molecule has 0 bridgehead atoms. The van der Waals surface area contributed by atoms with Gasteiger partial charge in [0.15, 0.2) is 5.96 Å². The van der Waals surface area contributed by atoms with Crippen molar-refractivity contribution in [1.82, 2.24) is 24.6 Å². The Hall–Kier alpha value is -2.00. The van der Waals surface area contributed by atoms with Gasteiger partial charge in [-0.25, -0.2) is 4.68 Å². The molecule has 144 valence electrons. The molecule has 0 atom stereocenters. The summed E-state index contributed by atoms with van der Waals surface area (Å²) in [6, 6.07) is 12.2. The minimum absolute atomic E-state index is 0. The van der Waals surface area contributed by atoms with Crippen LogP contribution in [0, 0.1) is 0 Å². The number of nitrogens with zero attached hydrogens (tertiary/aromatic N) is 5. The number of guanidine groups is 1. The van der Waals surface area contributed by atoms with Crippen LogP contribution in [0.4, 0.5) is 0 Å². The van der Waals surface area contributed by atoms with Gasteiger partial charge in [0.05, 0.1) is 17.3 Å². The van der Waals surface area contributed by atoms with Crippen LogP contribution in [0.15, 0.2) is 60.0 Å². The molecule has 3 aromatic rings. The Labute approximate surface area is 181 Å². The number of rotatable bonds is 5. The monoisotopic (exact) mass is 498 g/mol. The van der Waals surface area contributed by atoms with Gasteiger partial charge in [-0.3, -0.25) is 4.99 Å². The fourth-order valence-corrected chi connectivity index (χ4v) is 3.11. The fourth-order valence-electron chi connectivity index (χ4n) is 2.84. The second kappa shape index (κ2) is 9.80. The van der Waals surface area contributed by atoms with Crippen LogP contribution in [0.2, 0.25) is 5.02 Å². The lowest BCUT2D eigenvalue weighted by atomic mass is 10.2. The van der Waals surface area contributed by atoms with Gasteiger partial charge in [-0.05, 0) is 29.8 Å². The maximum absolute atomic E-state index is 6.07. The number of benzene rings is 1. The van der Waals surface area contributed by atoms with Gasteiger partial charge in [0.25, 0.3) is 0 Å². The first-order valence-electron chi connectivity index (χ1n) is 8.38. The first kappa shape index (κ1) is 21.3. The number of aromatic nitrogens is 3. The molecule has 3 rings (SSSR count). The third-order valence-electron chi connectivity index (χ3n) is 4.18. The highest BCUT2D eigenvalue weighted by molar-refractivity contribution is 14.0. The van der Waals surface area contributed by atoms with Crippen LogP contribution in [0.5, 0.6) is 0 Å². The van der Waals surface area contributed by atoms with Crippen molar-refractivity contribution in [2.45, 2.75) is 13.1 Å². The van der Waals surface area contributed by atoms with Crippen molar-refractivity contribution in [1.29, 1.82) is 0 Å². The summed E-state index contributed by atoms with van der Waals surface area (Å²) in [6.45, 7) is 1.40. The summed E-state index contributed by atoms with van der Waals surface area (Å²) in [5, 5.41) is 8.43. The topological polar surface area (TPSA) is 50.4 Å². The van der Waals surface area contributed by atoms with Crippen LogP contribution in [0.25, 0.3) is 5.69 Å². The molecule has 0 aliphatic carbocycles. The third-order valence-corrected chi connectivity index (χ3v) is 4.38. The molecule has 0 unspecified atom stereocenters. The largest absolute Gasteiger partial charge is 0.352 e. The van der Waals surface area contributed by atoms with Gasteiger partial charge in [0.2, 0.25) is 0 Å². The van der Waals surface area contributed by atoms with Crippen molar-refractivity contribution in [2.75, 3.05) is 14.1 Å². The van der Waals surface area contributed by atoms with Crippen LogP contribution >= 0.6 is 35.6 Å². The second-order valence-electron chi connectivity index (χ2n) is 6.14. The molecule has 2 heterocycles. The van der Waals surface area contributed by atoms with Gasteiger partial charge >= 0.3 is 0 Å². The standard InChI is InChI=1S/C19H23ClN6.HI/c1-21-19(25(3)14-18-11-16(20)13-24(18)2)22-12-15-6-4-7-17(10-15)26-9-5-8-23-26;/h4-11,13H,12,14H2,1-3H3,(H,21,22);1H. The predicted octanol–water partition coefficient (Wildman–Crippen LogP) is 3.69. The third kappa shape index (κ3) is 5.49. The average Bonchev–Trinajstić information content (AvgIpc) is 3.26. The SMILES string of the molecule is CN=C(NCc1cccc(-n2cccn2)c1)N(C)Cc1cc(Cl)cn1C.I. The lowest BCUT2D eigenvalue weighted by Gasteiger charge is -2.22. The summed E-state index contributed by atoms with van der Waals surface area (Å²) in [7, 11) is 5.79. The molecule has 0 aliphatic rings. The molecule has 0 fully saturated rings. The van der Waals surface area contributed by atoms with E-state index in [0.717, 1.165) is 34.5 Å². The molecular weight excluding hydrogens is 475 g/mol. The van der Waals surface area contributed by atoms with E-state index in [2.05, 4.69) is 32.4 Å². The molecule has 2 aromatic heterocycles. The molecule has 8 heteroatoms. The quantitative estimate of drug-likeness (QED) is 0.332.